The van der Waals surface area contributed by atoms with E-state index in [1.54, 1.807) is 0 Å². The van der Waals surface area contributed by atoms with Gasteiger partial charge in [0.2, 0.25) is 0 Å². The Bertz CT molecular complexity index is 1190. The first-order chi connectivity index (χ1) is 37.1. The van der Waals surface area contributed by atoms with Crippen LogP contribution in [0, 0.1) is 0 Å². The van der Waals surface area contributed by atoms with Gasteiger partial charge in [0, 0.05) is 12.8 Å². The lowest BCUT2D eigenvalue weighted by Gasteiger charge is -2.15. The third-order valence-corrected chi connectivity index (χ3v) is 15.7. The van der Waals surface area contributed by atoms with Gasteiger partial charge in [0.1, 0.15) is 6.61 Å². The molecule has 442 valence electrons. The molecule has 0 spiro atoms. The van der Waals surface area contributed by atoms with E-state index < -0.39 is 6.10 Å². The first-order valence-electron chi connectivity index (χ1n) is 34.0. The predicted octanol–water partition coefficient (Wildman–Crippen LogP) is 23.4. The zero-order valence-electron chi connectivity index (χ0n) is 50.8. The summed E-state index contributed by atoms with van der Waals surface area (Å²) < 4.78 is 10.7. The van der Waals surface area contributed by atoms with Crippen LogP contribution in [0.25, 0.3) is 0 Å². The number of unbranched alkanes of at least 4 members (excludes halogenated alkanes) is 50. The fourth-order valence-electron chi connectivity index (χ4n) is 10.6. The first-order valence-corrected chi connectivity index (χ1v) is 34.0. The molecular formula is C70H132O5. The first kappa shape index (κ1) is 73.1. The number of ether oxygens (including phenoxy) is 2. The molecule has 0 heterocycles. The molecule has 0 aromatic carbocycles. The molecule has 0 fully saturated rings. The average molecular weight is 1050 g/mol. The molecule has 0 saturated carbocycles. The summed E-state index contributed by atoms with van der Waals surface area (Å²) in [5, 5.41) is 9.67. The fraction of sp³-hybridized carbons (Fsp3) is 0.886. The Kier molecular flexibility index (Phi) is 64.7. The third-order valence-electron chi connectivity index (χ3n) is 15.7. The molecule has 1 N–H and O–H groups in total. The lowest BCUT2D eigenvalue weighted by molar-refractivity contribution is -0.161. The third kappa shape index (κ3) is 64.5. The van der Waals surface area contributed by atoms with Crippen LogP contribution in [0.4, 0.5) is 0 Å². The monoisotopic (exact) mass is 1050 g/mol. The van der Waals surface area contributed by atoms with E-state index in [-0.39, 0.29) is 25.2 Å². The van der Waals surface area contributed by atoms with Gasteiger partial charge in [0.05, 0.1) is 6.61 Å². The van der Waals surface area contributed by atoms with Gasteiger partial charge in [0.15, 0.2) is 6.10 Å². The van der Waals surface area contributed by atoms with Crippen LogP contribution in [0.5, 0.6) is 0 Å². The second-order valence-electron chi connectivity index (χ2n) is 23.3. The van der Waals surface area contributed by atoms with E-state index in [2.05, 4.69) is 50.3 Å². The second-order valence-corrected chi connectivity index (χ2v) is 23.3. The van der Waals surface area contributed by atoms with E-state index >= 15 is 0 Å². The largest absolute Gasteiger partial charge is 0.462 e. The van der Waals surface area contributed by atoms with Crippen molar-refractivity contribution < 1.29 is 24.2 Å². The van der Waals surface area contributed by atoms with Crippen LogP contribution in [0.3, 0.4) is 0 Å². The molecule has 0 aliphatic heterocycles. The Morgan fingerprint density at radius 1 is 0.307 bits per heavy atom. The Morgan fingerprint density at radius 2 is 0.533 bits per heavy atom. The number of rotatable bonds is 64. The molecule has 5 heteroatoms. The summed E-state index contributed by atoms with van der Waals surface area (Å²) in [7, 11) is 0. The maximum atomic E-state index is 12.3. The van der Waals surface area contributed by atoms with Crippen LogP contribution < -0.4 is 0 Å². The van der Waals surface area contributed by atoms with Gasteiger partial charge in [-0.25, -0.2) is 0 Å². The van der Waals surface area contributed by atoms with Crippen LogP contribution >= 0.6 is 0 Å². The SMILES string of the molecule is CCCCCCC/C=C\C/C=C\C/C=C\CCCCCCCCC(=O)OC(CO)COC(=O)CCCCCCCCCCCCCCCCCCCCCCCCCCCCCCCCCCCCCCCCCC. The standard InChI is InChI=1S/C70H132O5/c1-3-5-7-9-11-13-15-17-19-21-23-25-26-27-28-29-30-31-32-33-34-35-36-37-38-39-40-41-42-43-45-46-48-50-52-54-56-58-60-62-64-69(72)74-67-68(66-71)75-70(73)65-63-61-59-57-55-53-51-49-47-44-24-22-20-18-16-14-12-10-8-6-4-2/h16,18,22,24,47,49,68,71H,3-15,17,19-21,23,25-46,48,50-67H2,1-2H3/b18-16-,24-22-,49-47-. The van der Waals surface area contributed by atoms with Crippen molar-refractivity contribution in [3.8, 4) is 0 Å². The second kappa shape index (κ2) is 66.4. The lowest BCUT2D eigenvalue weighted by atomic mass is 10.0. The fourth-order valence-corrected chi connectivity index (χ4v) is 10.6. The normalized spacial score (nSPS) is 12.3. The number of esters is 2. The molecule has 0 rings (SSSR count). The Hall–Kier alpha value is -1.88. The molecule has 0 aliphatic carbocycles. The summed E-state index contributed by atoms with van der Waals surface area (Å²) in [4.78, 5) is 24.6. The molecule has 0 aromatic rings. The molecule has 0 amide bonds. The number of aliphatic hydroxyl groups excluding tert-OH is 1. The highest BCUT2D eigenvalue weighted by Gasteiger charge is 2.16. The topological polar surface area (TPSA) is 72.8 Å². The van der Waals surface area contributed by atoms with Crippen molar-refractivity contribution >= 4 is 11.9 Å². The number of allylic oxidation sites excluding steroid dienone is 6. The van der Waals surface area contributed by atoms with Crippen molar-refractivity contribution in [2.24, 2.45) is 0 Å². The van der Waals surface area contributed by atoms with Gasteiger partial charge >= 0.3 is 11.9 Å². The summed E-state index contributed by atoms with van der Waals surface area (Å²) in [6, 6.07) is 0. The van der Waals surface area contributed by atoms with Gasteiger partial charge in [-0.15, -0.1) is 0 Å². The van der Waals surface area contributed by atoms with Crippen LogP contribution in [0.1, 0.15) is 380 Å². The van der Waals surface area contributed by atoms with Gasteiger partial charge in [-0.05, 0) is 51.4 Å². The average Bonchev–Trinajstić information content (AvgIpc) is 3.41. The van der Waals surface area contributed by atoms with E-state index in [9.17, 15) is 14.7 Å². The van der Waals surface area contributed by atoms with Crippen LogP contribution in [-0.4, -0.2) is 36.4 Å². The summed E-state index contributed by atoms with van der Waals surface area (Å²) in [5.74, 6) is -0.587. The van der Waals surface area contributed by atoms with Crippen molar-refractivity contribution in [3.63, 3.8) is 0 Å². The van der Waals surface area contributed by atoms with Crippen molar-refractivity contribution in [1.29, 1.82) is 0 Å². The highest BCUT2D eigenvalue weighted by Crippen LogP contribution is 2.19. The van der Waals surface area contributed by atoms with Crippen LogP contribution in [0.15, 0.2) is 36.5 Å². The van der Waals surface area contributed by atoms with Gasteiger partial charge < -0.3 is 14.6 Å². The maximum absolute atomic E-state index is 12.3. The van der Waals surface area contributed by atoms with E-state index in [0.29, 0.717) is 12.8 Å². The Labute approximate surface area is 469 Å². The highest BCUT2D eigenvalue weighted by molar-refractivity contribution is 5.70. The summed E-state index contributed by atoms with van der Waals surface area (Å²) in [6.07, 6.45) is 87.6. The maximum Gasteiger partial charge on any atom is 0.306 e. The van der Waals surface area contributed by atoms with Gasteiger partial charge in [-0.3, -0.25) is 9.59 Å². The highest BCUT2D eigenvalue weighted by atomic mass is 16.6. The zero-order valence-corrected chi connectivity index (χ0v) is 50.8. The summed E-state index contributed by atoms with van der Waals surface area (Å²) >= 11 is 0. The van der Waals surface area contributed by atoms with Crippen molar-refractivity contribution in [2.45, 2.75) is 386 Å². The zero-order chi connectivity index (χ0) is 54.1. The number of carbonyl (C=O) groups excluding carboxylic acids is 2. The van der Waals surface area contributed by atoms with E-state index in [4.69, 9.17) is 9.47 Å². The molecule has 1 atom stereocenters. The summed E-state index contributed by atoms with van der Waals surface area (Å²) in [6.45, 7) is 4.17. The molecule has 0 saturated heterocycles. The summed E-state index contributed by atoms with van der Waals surface area (Å²) in [5.41, 5.74) is 0. The van der Waals surface area contributed by atoms with Crippen molar-refractivity contribution in [2.75, 3.05) is 13.2 Å². The minimum Gasteiger partial charge on any atom is -0.462 e. The smallest absolute Gasteiger partial charge is 0.306 e. The molecule has 5 nitrogen and oxygen atoms in total. The molecule has 0 aliphatic rings. The molecule has 0 bridgehead atoms. The Balaban J connectivity index is 3.37. The molecule has 1 unspecified atom stereocenters. The number of hydrogen-bond donors (Lipinski definition) is 1. The van der Waals surface area contributed by atoms with Gasteiger partial charge in [-0.2, -0.15) is 0 Å². The van der Waals surface area contributed by atoms with E-state index in [1.165, 1.54) is 295 Å². The predicted molar refractivity (Wildman–Crippen MR) is 330 cm³/mol. The Morgan fingerprint density at radius 3 is 0.800 bits per heavy atom. The number of hydrogen-bond acceptors (Lipinski definition) is 5. The van der Waals surface area contributed by atoms with Crippen molar-refractivity contribution in [1.82, 2.24) is 0 Å². The molecule has 0 aromatic heterocycles. The molecule has 75 heavy (non-hydrogen) atoms. The van der Waals surface area contributed by atoms with Crippen LogP contribution in [0.2, 0.25) is 0 Å². The van der Waals surface area contributed by atoms with Gasteiger partial charge in [-0.1, -0.05) is 352 Å². The van der Waals surface area contributed by atoms with E-state index in [0.717, 1.165) is 57.8 Å². The number of aliphatic hydroxyl groups is 1. The quantitative estimate of drug-likeness (QED) is 0.0373. The molecular weight excluding hydrogens is 921 g/mol. The minimum absolute atomic E-state index is 0.0673. The molecule has 0 radical (unpaired) electrons. The number of carbonyl (C=O) groups is 2. The lowest BCUT2D eigenvalue weighted by Crippen LogP contribution is -2.28. The van der Waals surface area contributed by atoms with Gasteiger partial charge in [0.25, 0.3) is 0 Å². The minimum atomic E-state index is -0.778. The van der Waals surface area contributed by atoms with Crippen LogP contribution in [-0.2, 0) is 19.1 Å². The van der Waals surface area contributed by atoms with Crippen molar-refractivity contribution in [3.05, 3.63) is 36.5 Å². The van der Waals surface area contributed by atoms with E-state index in [1.807, 2.05) is 0 Å².